The second-order valence-electron chi connectivity index (χ2n) is 6.46. The van der Waals surface area contributed by atoms with Crippen LogP contribution in [0.4, 0.5) is 0 Å². The fourth-order valence-corrected chi connectivity index (χ4v) is 3.43. The van der Waals surface area contributed by atoms with Gasteiger partial charge in [0.25, 0.3) is 0 Å². The summed E-state index contributed by atoms with van der Waals surface area (Å²) >= 11 is 0. The topological polar surface area (TPSA) is 9.23 Å². The summed E-state index contributed by atoms with van der Waals surface area (Å²) < 4.78 is 6.03. The van der Waals surface area contributed by atoms with Crippen molar-refractivity contribution >= 4 is 0 Å². The number of aryl methyl sites for hydroxylation is 1. The Hall–Kier alpha value is -2.02. The summed E-state index contributed by atoms with van der Waals surface area (Å²) in [6, 6.07) is 15.4. The van der Waals surface area contributed by atoms with Crippen molar-refractivity contribution in [2.45, 2.75) is 32.6 Å². The van der Waals surface area contributed by atoms with Crippen molar-refractivity contribution in [1.82, 2.24) is 0 Å². The van der Waals surface area contributed by atoms with Gasteiger partial charge in [0.2, 0.25) is 0 Å². The molecule has 0 bridgehead atoms. The SMILES string of the molecule is Cc1ccc(-c2ccc3c(c2)C2C[C@H](C)CC=C2O3)cc1. The zero-order valence-corrected chi connectivity index (χ0v) is 12.6. The fourth-order valence-electron chi connectivity index (χ4n) is 3.43. The van der Waals surface area contributed by atoms with Gasteiger partial charge in [-0.05, 0) is 55.0 Å². The van der Waals surface area contributed by atoms with Gasteiger partial charge < -0.3 is 4.74 Å². The van der Waals surface area contributed by atoms with Gasteiger partial charge in [-0.1, -0.05) is 42.8 Å². The summed E-state index contributed by atoms with van der Waals surface area (Å²) in [7, 11) is 0. The molecule has 106 valence electrons. The first-order valence-corrected chi connectivity index (χ1v) is 7.79. The molecule has 1 unspecified atom stereocenters. The van der Waals surface area contributed by atoms with E-state index in [2.05, 4.69) is 62.4 Å². The third kappa shape index (κ3) is 2.17. The third-order valence-corrected chi connectivity index (χ3v) is 4.70. The van der Waals surface area contributed by atoms with Crippen LogP contribution in [0.2, 0.25) is 0 Å². The molecule has 2 aromatic rings. The Balaban J connectivity index is 1.75. The van der Waals surface area contributed by atoms with Gasteiger partial charge in [-0.2, -0.15) is 0 Å². The first-order valence-electron chi connectivity index (χ1n) is 7.79. The van der Waals surface area contributed by atoms with Crippen LogP contribution in [0.3, 0.4) is 0 Å². The maximum atomic E-state index is 6.03. The maximum Gasteiger partial charge on any atom is 0.130 e. The standard InChI is InChI=1S/C20H20O/c1-13-3-6-15(7-4-13)16-8-10-20-18(12-16)17-11-14(2)5-9-19(17)21-20/h3-4,6-10,12,14,17H,5,11H2,1-2H3/t14-,17?/m1/s1. The summed E-state index contributed by atoms with van der Waals surface area (Å²) in [5.74, 6) is 3.44. The number of benzene rings is 2. The highest BCUT2D eigenvalue weighted by Crippen LogP contribution is 2.48. The first kappa shape index (κ1) is 12.7. The summed E-state index contributed by atoms with van der Waals surface area (Å²) in [6.07, 6.45) is 4.63. The Kier molecular flexibility index (Phi) is 2.88. The number of rotatable bonds is 1. The van der Waals surface area contributed by atoms with E-state index in [0.29, 0.717) is 5.92 Å². The number of fused-ring (bicyclic) bond motifs is 3. The molecule has 0 saturated heterocycles. The predicted molar refractivity (Wildman–Crippen MR) is 86.5 cm³/mol. The molecule has 1 aliphatic carbocycles. The lowest BCUT2D eigenvalue weighted by Crippen LogP contribution is -2.10. The fraction of sp³-hybridized carbons (Fsp3) is 0.300. The average molecular weight is 276 g/mol. The van der Waals surface area contributed by atoms with E-state index in [9.17, 15) is 0 Å². The molecular formula is C20H20O. The van der Waals surface area contributed by atoms with E-state index in [0.717, 1.165) is 18.1 Å². The van der Waals surface area contributed by atoms with Gasteiger partial charge in [-0.25, -0.2) is 0 Å². The summed E-state index contributed by atoms with van der Waals surface area (Å²) in [4.78, 5) is 0. The summed E-state index contributed by atoms with van der Waals surface area (Å²) in [5.41, 5.74) is 5.24. The van der Waals surface area contributed by atoms with Crippen molar-refractivity contribution in [2.75, 3.05) is 0 Å². The lowest BCUT2D eigenvalue weighted by Gasteiger charge is -2.21. The zero-order valence-electron chi connectivity index (χ0n) is 12.6. The van der Waals surface area contributed by atoms with Crippen LogP contribution in [0.1, 0.15) is 36.8 Å². The van der Waals surface area contributed by atoms with E-state index >= 15 is 0 Å². The molecule has 0 spiro atoms. The lowest BCUT2D eigenvalue weighted by molar-refractivity contribution is 0.371. The van der Waals surface area contributed by atoms with Crippen LogP contribution in [0, 0.1) is 12.8 Å². The lowest BCUT2D eigenvalue weighted by atomic mass is 9.82. The van der Waals surface area contributed by atoms with Crippen molar-refractivity contribution in [3.8, 4) is 16.9 Å². The highest BCUT2D eigenvalue weighted by atomic mass is 16.5. The van der Waals surface area contributed by atoms with Crippen molar-refractivity contribution in [3.05, 3.63) is 65.4 Å². The molecule has 1 aliphatic heterocycles. The largest absolute Gasteiger partial charge is 0.461 e. The average Bonchev–Trinajstić information content (AvgIpc) is 2.85. The van der Waals surface area contributed by atoms with Gasteiger partial charge in [-0.15, -0.1) is 0 Å². The molecule has 1 heteroatoms. The number of allylic oxidation sites excluding steroid dienone is 2. The van der Waals surface area contributed by atoms with E-state index in [4.69, 9.17) is 4.74 Å². The Bertz CT molecular complexity index is 709. The number of ether oxygens (including phenoxy) is 1. The van der Waals surface area contributed by atoms with Crippen molar-refractivity contribution in [1.29, 1.82) is 0 Å². The molecule has 0 saturated carbocycles. The van der Waals surface area contributed by atoms with Crippen LogP contribution >= 0.6 is 0 Å². The number of hydrogen-bond acceptors (Lipinski definition) is 1. The summed E-state index contributed by atoms with van der Waals surface area (Å²) in [6.45, 7) is 4.45. The van der Waals surface area contributed by atoms with Gasteiger partial charge in [0.1, 0.15) is 11.5 Å². The number of hydrogen-bond donors (Lipinski definition) is 0. The maximum absolute atomic E-state index is 6.03. The van der Waals surface area contributed by atoms with E-state index < -0.39 is 0 Å². The van der Waals surface area contributed by atoms with E-state index in [1.54, 1.807) is 0 Å². The third-order valence-electron chi connectivity index (χ3n) is 4.70. The molecule has 0 N–H and O–H groups in total. The Morgan fingerprint density at radius 3 is 2.57 bits per heavy atom. The van der Waals surface area contributed by atoms with Crippen LogP contribution in [-0.4, -0.2) is 0 Å². The van der Waals surface area contributed by atoms with Gasteiger partial charge in [0, 0.05) is 11.5 Å². The monoisotopic (exact) mass is 276 g/mol. The van der Waals surface area contributed by atoms with Gasteiger partial charge in [0.15, 0.2) is 0 Å². The molecule has 1 heterocycles. The van der Waals surface area contributed by atoms with E-state index in [1.807, 2.05) is 0 Å². The molecule has 0 radical (unpaired) electrons. The summed E-state index contributed by atoms with van der Waals surface area (Å²) in [5, 5.41) is 0. The van der Waals surface area contributed by atoms with Crippen LogP contribution in [-0.2, 0) is 0 Å². The van der Waals surface area contributed by atoms with Crippen molar-refractivity contribution in [3.63, 3.8) is 0 Å². The Morgan fingerprint density at radius 2 is 1.76 bits per heavy atom. The first-order chi connectivity index (χ1) is 10.2. The minimum atomic E-state index is 0.467. The quantitative estimate of drug-likeness (QED) is 0.672. The zero-order chi connectivity index (χ0) is 14.4. The molecule has 0 fully saturated rings. The van der Waals surface area contributed by atoms with Gasteiger partial charge >= 0.3 is 0 Å². The van der Waals surface area contributed by atoms with E-state index in [-0.39, 0.29) is 0 Å². The van der Waals surface area contributed by atoms with E-state index in [1.165, 1.54) is 34.4 Å². The Morgan fingerprint density at radius 1 is 1.00 bits per heavy atom. The minimum Gasteiger partial charge on any atom is -0.461 e. The molecule has 2 atom stereocenters. The smallest absolute Gasteiger partial charge is 0.130 e. The van der Waals surface area contributed by atoms with Crippen LogP contribution in [0.15, 0.2) is 54.3 Å². The van der Waals surface area contributed by atoms with Gasteiger partial charge in [0.05, 0.1) is 0 Å². The second-order valence-corrected chi connectivity index (χ2v) is 6.46. The molecule has 4 rings (SSSR count). The Labute approximate surface area is 126 Å². The minimum absolute atomic E-state index is 0.467. The molecule has 2 aliphatic rings. The van der Waals surface area contributed by atoms with Crippen LogP contribution < -0.4 is 4.74 Å². The molecular weight excluding hydrogens is 256 g/mol. The molecule has 1 nitrogen and oxygen atoms in total. The molecule has 21 heavy (non-hydrogen) atoms. The molecule has 0 aromatic heterocycles. The van der Waals surface area contributed by atoms with Crippen LogP contribution in [0.5, 0.6) is 5.75 Å². The van der Waals surface area contributed by atoms with Crippen molar-refractivity contribution in [2.24, 2.45) is 5.92 Å². The second kappa shape index (κ2) is 4.77. The van der Waals surface area contributed by atoms with Crippen LogP contribution in [0.25, 0.3) is 11.1 Å². The normalized spacial score (nSPS) is 23.0. The highest BCUT2D eigenvalue weighted by Gasteiger charge is 2.33. The molecule has 0 amide bonds. The van der Waals surface area contributed by atoms with Gasteiger partial charge in [-0.3, -0.25) is 0 Å². The van der Waals surface area contributed by atoms with Crippen molar-refractivity contribution < 1.29 is 4.74 Å². The predicted octanol–water partition coefficient (Wildman–Crippen LogP) is 5.45. The molecule has 2 aromatic carbocycles. The highest BCUT2D eigenvalue weighted by molar-refractivity contribution is 5.67.